The molecule has 0 fully saturated rings. The Bertz CT molecular complexity index is 380. The smallest absolute Gasteiger partial charge is 0.0734 e. The van der Waals surface area contributed by atoms with E-state index in [9.17, 15) is 10.2 Å². The van der Waals surface area contributed by atoms with Gasteiger partial charge in [0.1, 0.15) is 0 Å². The Morgan fingerprint density at radius 3 is 2.25 bits per heavy atom. The molecular formula is C17H28O2S. The summed E-state index contributed by atoms with van der Waals surface area (Å²) < 4.78 is -0.270. The molecule has 0 amide bonds. The molecule has 1 aromatic rings. The monoisotopic (exact) mass is 296 g/mol. The van der Waals surface area contributed by atoms with Gasteiger partial charge in [0.15, 0.2) is 0 Å². The van der Waals surface area contributed by atoms with E-state index < -0.39 is 6.10 Å². The third-order valence-electron chi connectivity index (χ3n) is 3.76. The van der Waals surface area contributed by atoms with Crippen LogP contribution in [0.4, 0.5) is 0 Å². The maximum atomic E-state index is 10.6. The molecular weight excluding hydrogens is 268 g/mol. The van der Waals surface area contributed by atoms with Crippen molar-refractivity contribution in [2.24, 2.45) is 11.8 Å². The van der Waals surface area contributed by atoms with E-state index in [-0.39, 0.29) is 17.3 Å². The molecule has 3 heteroatoms. The van der Waals surface area contributed by atoms with Gasteiger partial charge in [0.2, 0.25) is 0 Å². The Morgan fingerprint density at radius 2 is 1.75 bits per heavy atom. The van der Waals surface area contributed by atoms with Crippen molar-refractivity contribution < 1.29 is 10.2 Å². The molecule has 0 bridgehead atoms. The van der Waals surface area contributed by atoms with E-state index in [4.69, 9.17) is 0 Å². The zero-order valence-electron chi connectivity index (χ0n) is 13.0. The van der Waals surface area contributed by atoms with E-state index >= 15 is 0 Å². The summed E-state index contributed by atoms with van der Waals surface area (Å²) in [7, 11) is 0. The summed E-state index contributed by atoms with van der Waals surface area (Å²) >= 11 is 1.72. The molecule has 1 aromatic carbocycles. The van der Waals surface area contributed by atoms with E-state index in [1.165, 1.54) is 4.90 Å². The molecule has 2 N–H and O–H groups in total. The molecule has 0 radical (unpaired) electrons. The summed E-state index contributed by atoms with van der Waals surface area (Å²) in [5, 5.41) is 20.0. The second-order valence-electron chi connectivity index (χ2n) is 6.26. The normalized spacial score (nSPS) is 17.8. The van der Waals surface area contributed by atoms with Crippen LogP contribution in [0.5, 0.6) is 0 Å². The van der Waals surface area contributed by atoms with Crippen molar-refractivity contribution in [2.45, 2.75) is 56.3 Å². The lowest BCUT2D eigenvalue weighted by atomic mass is 9.87. The largest absolute Gasteiger partial charge is 0.396 e. The highest BCUT2D eigenvalue weighted by Crippen LogP contribution is 2.41. The molecule has 0 aromatic heterocycles. The number of aliphatic hydroxyl groups is 2. The Balaban J connectivity index is 2.88. The minimum absolute atomic E-state index is 0.0216. The van der Waals surface area contributed by atoms with Crippen molar-refractivity contribution in [2.75, 3.05) is 6.61 Å². The molecule has 1 rings (SSSR count). The van der Waals surface area contributed by atoms with Crippen LogP contribution in [0.2, 0.25) is 0 Å². The van der Waals surface area contributed by atoms with Gasteiger partial charge >= 0.3 is 0 Å². The summed E-state index contributed by atoms with van der Waals surface area (Å²) in [5.41, 5.74) is 0. The van der Waals surface area contributed by atoms with Gasteiger partial charge < -0.3 is 10.2 Å². The predicted octanol–water partition coefficient (Wildman–Crippen LogP) is 3.96. The fraction of sp³-hybridized carbons (Fsp3) is 0.647. The molecule has 0 aliphatic heterocycles. The van der Waals surface area contributed by atoms with Gasteiger partial charge in [-0.2, -0.15) is 0 Å². The van der Waals surface area contributed by atoms with Crippen molar-refractivity contribution >= 4 is 11.8 Å². The second kappa shape index (κ2) is 8.06. The summed E-state index contributed by atoms with van der Waals surface area (Å²) in [6.07, 6.45) is 1.50. The van der Waals surface area contributed by atoms with Crippen LogP contribution in [-0.4, -0.2) is 27.7 Å². The van der Waals surface area contributed by atoms with Gasteiger partial charge in [-0.1, -0.05) is 39.0 Å². The molecule has 114 valence electrons. The van der Waals surface area contributed by atoms with Crippen LogP contribution in [0.15, 0.2) is 35.2 Å². The van der Waals surface area contributed by atoms with Crippen LogP contribution in [0, 0.1) is 11.8 Å². The SMILES string of the molecule is CC(C)CC[C@](C)(Sc1ccccc1)[C@H](O)[C@H](C)CO. The fourth-order valence-corrected chi connectivity index (χ4v) is 3.70. The number of rotatable bonds is 8. The average molecular weight is 296 g/mol. The topological polar surface area (TPSA) is 40.5 Å². The molecule has 0 aliphatic rings. The molecule has 0 aliphatic carbocycles. The van der Waals surface area contributed by atoms with Crippen molar-refractivity contribution in [1.82, 2.24) is 0 Å². The zero-order valence-corrected chi connectivity index (χ0v) is 13.9. The molecule has 2 nitrogen and oxygen atoms in total. The number of aliphatic hydroxyl groups excluding tert-OH is 2. The van der Waals surface area contributed by atoms with Gasteiger partial charge in [0, 0.05) is 22.2 Å². The number of hydrogen-bond acceptors (Lipinski definition) is 3. The van der Waals surface area contributed by atoms with Gasteiger partial charge in [-0.05, 0) is 37.8 Å². The van der Waals surface area contributed by atoms with E-state index in [1.54, 1.807) is 11.8 Å². The summed E-state index contributed by atoms with van der Waals surface area (Å²) in [4.78, 5) is 1.17. The minimum Gasteiger partial charge on any atom is -0.396 e. The number of hydrogen-bond donors (Lipinski definition) is 2. The van der Waals surface area contributed by atoms with Crippen molar-refractivity contribution in [3.63, 3.8) is 0 Å². The van der Waals surface area contributed by atoms with E-state index in [2.05, 4.69) is 32.9 Å². The van der Waals surface area contributed by atoms with Gasteiger partial charge in [-0.15, -0.1) is 11.8 Å². The molecule has 0 saturated carbocycles. The third-order valence-corrected chi connectivity index (χ3v) is 5.18. The van der Waals surface area contributed by atoms with Gasteiger partial charge in [0.25, 0.3) is 0 Å². The van der Waals surface area contributed by atoms with Crippen molar-refractivity contribution in [3.8, 4) is 0 Å². The first-order valence-electron chi connectivity index (χ1n) is 7.42. The first-order valence-corrected chi connectivity index (χ1v) is 8.23. The maximum absolute atomic E-state index is 10.6. The molecule has 20 heavy (non-hydrogen) atoms. The lowest BCUT2D eigenvalue weighted by Gasteiger charge is -2.37. The summed E-state index contributed by atoms with van der Waals surface area (Å²) in [6.45, 7) is 8.45. The van der Waals surface area contributed by atoms with E-state index in [0.29, 0.717) is 5.92 Å². The van der Waals surface area contributed by atoms with E-state index in [0.717, 1.165) is 12.8 Å². The average Bonchev–Trinajstić information content (AvgIpc) is 2.44. The summed E-state index contributed by atoms with van der Waals surface area (Å²) in [5.74, 6) is 0.505. The highest BCUT2D eigenvalue weighted by Gasteiger charge is 2.37. The third kappa shape index (κ3) is 5.12. The van der Waals surface area contributed by atoms with Gasteiger partial charge in [-0.25, -0.2) is 0 Å². The molecule has 3 atom stereocenters. The number of benzene rings is 1. The Labute approximate surface area is 127 Å². The first-order chi connectivity index (χ1) is 9.39. The second-order valence-corrected chi connectivity index (χ2v) is 7.87. The van der Waals surface area contributed by atoms with E-state index in [1.807, 2.05) is 25.1 Å². The Hall–Kier alpha value is -0.510. The highest BCUT2D eigenvalue weighted by molar-refractivity contribution is 8.00. The maximum Gasteiger partial charge on any atom is 0.0734 e. The van der Waals surface area contributed by atoms with Gasteiger partial charge in [0.05, 0.1) is 6.10 Å². The lowest BCUT2D eigenvalue weighted by molar-refractivity contribution is 0.0461. The van der Waals surface area contributed by atoms with Crippen LogP contribution in [0.1, 0.15) is 40.5 Å². The van der Waals surface area contributed by atoms with Crippen molar-refractivity contribution in [3.05, 3.63) is 30.3 Å². The van der Waals surface area contributed by atoms with Crippen LogP contribution in [0.25, 0.3) is 0 Å². The van der Waals surface area contributed by atoms with Crippen LogP contribution < -0.4 is 0 Å². The molecule has 0 unspecified atom stereocenters. The zero-order chi connectivity index (χ0) is 15.2. The number of thioether (sulfide) groups is 1. The quantitative estimate of drug-likeness (QED) is 0.713. The Kier molecular flexibility index (Phi) is 7.07. The van der Waals surface area contributed by atoms with Crippen molar-refractivity contribution in [1.29, 1.82) is 0 Å². The molecule has 0 heterocycles. The predicted molar refractivity (Wildman–Crippen MR) is 87.0 cm³/mol. The standard InChI is InChI=1S/C17H28O2S/c1-13(2)10-11-17(4,16(19)14(3)12-18)20-15-8-6-5-7-9-15/h5-9,13-14,16,18-19H,10-12H2,1-4H3/t14-,16-,17+/m1/s1. The molecule has 0 spiro atoms. The van der Waals surface area contributed by atoms with Crippen LogP contribution in [0.3, 0.4) is 0 Å². The van der Waals surface area contributed by atoms with Crippen LogP contribution >= 0.6 is 11.8 Å². The Morgan fingerprint density at radius 1 is 1.15 bits per heavy atom. The lowest BCUT2D eigenvalue weighted by Crippen LogP contribution is -2.42. The minimum atomic E-state index is -0.517. The highest BCUT2D eigenvalue weighted by atomic mass is 32.2. The van der Waals surface area contributed by atoms with Gasteiger partial charge in [-0.3, -0.25) is 0 Å². The summed E-state index contributed by atoms with van der Waals surface area (Å²) in [6, 6.07) is 10.2. The van der Waals surface area contributed by atoms with Crippen LogP contribution in [-0.2, 0) is 0 Å². The fourth-order valence-electron chi connectivity index (χ4n) is 2.29. The molecule has 0 saturated heterocycles. The first kappa shape index (κ1) is 17.5.